The third-order valence-corrected chi connectivity index (χ3v) is 7.17. The second kappa shape index (κ2) is 16.6. The van der Waals surface area contributed by atoms with Crippen LogP contribution in [0.25, 0.3) is 0 Å². The van der Waals surface area contributed by atoms with Crippen LogP contribution < -0.4 is 26.5 Å². The molecule has 0 saturated heterocycles. The molecule has 2 atom stereocenters. The maximum atomic E-state index is 14.1. The van der Waals surface area contributed by atoms with Crippen LogP contribution >= 0.6 is 0 Å². The van der Waals surface area contributed by atoms with E-state index < -0.39 is 89.3 Å². The number of nitrogens with one attached hydrogen (secondary N) is 3. The molecule has 268 valence electrons. The number of rotatable bonds is 12. The summed E-state index contributed by atoms with van der Waals surface area (Å²) >= 11 is 0. The van der Waals surface area contributed by atoms with Crippen molar-refractivity contribution in [3.63, 3.8) is 0 Å². The van der Waals surface area contributed by atoms with Gasteiger partial charge in [-0.3, -0.25) is 29.4 Å². The number of hydrazine groups is 1. The van der Waals surface area contributed by atoms with Crippen LogP contribution in [0.1, 0.15) is 55.2 Å². The van der Waals surface area contributed by atoms with E-state index in [2.05, 4.69) is 16.1 Å². The third-order valence-electron chi connectivity index (χ3n) is 7.17. The summed E-state index contributed by atoms with van der Waals surface area (Å²) in [6.07, 6.45) is 0. The van der Waals surface area contributed by atoms with Gasteiger partial charge in [0.2, 0.25) is 17.5 Å². The summed E-state index contributed by atoms with van der Waals surface area (Å²) in [6.45, 7) is 5.85. The smallest absolute Gasteiger partial charge is 0.327 e. The third kappa shape index (κ3) is 9.93. The number of carbonyl (C=O) groups excluding carboxylic acids is 5. The first kappa shape index (κ1) is 38.8. The van der Waals surface area contributed by atoms with Crippen molar-refractivity contribution < 1.29 is 51.0 Å². The largest absolute Gasteiger partial charge is 0.477 e. The Labute approximate surface area is 285 Å². The minimum Gasteiger partial charge on any atom is -0.477 e. The van der Waals surface area contributed by atoms with Gasteiger partial charge < -0.3 is 25.8 Å². The van der Waals surface area contributed by atoms with E-state index in [4.69, 9.17) is 15.2 Å². The first-order valence-corrected chi connectivity index (χ1v) is 15.2. The molecule has 0 saturated carbocycles. The number of amides is 4. The van der Waals surface area contributed by atoms with Crippen molar-refractivity contribution in [2.75, 3.05) is 25.5 Å². The number of benzene rings is 3. The fourth-order valence-corrected chi connectivity index (χ4v) is 4.49. The maximum absolute atomic E-state index is 14.1. The van der Waals surface area contributed by atoms with Crippen molar-refractivity contribution in [2.24, 2.45) is 5.41 Å². The highest BCUT2D eigenvalue weighted by atomic mass is 19.2. The molecule has 0 heterocycles. The van der Waals surface area contributed by atoms with Crippen molar-refractivity contribution in [1.82, 2.24) is 21.1 Å². The van der Waals surface area contributed by atoms with E-state index in [1.54, 1.807) is 58.0 Å². The molecule has 4 amide bonds. The van der Waals surface area contributed by atoms with Gasteiger partial charge in [-0.2, -0.15) is 8.78 Å². The fourth-order valence-electron chi connectivity index (χ4n) is 4.49. The number of esters is 1. The fraction of sp³-hybridized carbons (Fsp3) is 0.324. The minimum absolute atomic E-state index is 0.0564. The van der Waals surface area contributed by atoms with Crippen molar-refractivity contribution in [3.05, 3.63) is 94.6 Å². The molecule has 0 fully saturated rings. The van der Waals surface area contributed by atoms with E-state index in [1.165, 1.54) is 25.1 Å². The van der Waals surface area contributed by atoms with Crippen molar-refractivity contribution in [3.8, 4) is 5.75 Å². The van der Waals surface area contributed by atoms with Crippen molar-refractivity contribution >= 4 is 35.3 Å². The number of hydrogen-bond acceptors (Lipinski definition) is 8. The lowest BCUT2D eigenvalue weighted by Crippen LogP contribution is -2.57. The van der Waals surface area contributed by atoms with Gasteiger partial charge in [-0.1, -0.05) is 51.1 Å². The second-order valence-corrected chi connectivity index (χ2v) is 12.0. The predicted octanol–water partition coefficient (Wildman–Crippen LogP) is 3.64. The molecule has 0 aliphatic heterocycles. The summed E-state index contributed by atoms with van der Waals surface area (Å²) in [4.78, 5) is 66.2. The molecule has 3 aromatic rings. The topological polar surface area (TPSA) is 169 Å². The lowest BCUT2D eigenvalue weighted by molar-refractivity contribution is -0.154. The first-order valence-electron chi connectivity index (χ1n) is 15.2. The van der Waals surface area contributed by atoms with E-state index in [-0.39, 0.29) is 23.8 Å². The number of anilines is 1. The predicted molar refractivity (Wildman–Crippen MR) is 172 cm³/mol. The van der Waals surface area contributed by atoms with Gasteiger partial charge in [-0.05, 0) is 48.6 Å². The second-order valence-electron chi connectivity index (χ2n) is 12.0. The molecule has 3 aromatic carbocycles. The van der Waals surface area contributed by atoms with Gasteiger partial charge in [0.05, 0.1) is 6.61 Å². The Morgan fingerprint density at radius 3 is 2.06 bits per heavy atom. The Morgan fingerprint density at radius 1 is 0.880 bits per heavy atom. The van der Waals surface area contributed by atoms with Crippen LogP contribution in [0.15, 0.2) is 54.6 Å². The zero-order chi connectivity index (χ0) is 37.3. The van der Waals surface area contributed by atoms with Gasteiger partial charge in [0.15, 0.2) is 24.0 Å². The zero-order valence-corrected chi connectivity index (χ0v) is 27.9. The Balaban J connectivity index is 1.90. The Hall–Kier alpha value is -5.67. The molecule has 0 aliphatic rings. The lowest BCUT2D eigenvalue weighted by atomic mass is 9.85. The Kier molecular flexibility index (Phi) is 12.9. The first-order chi connectivity index (χ1) is 23.4. The molecule has 16 heteroatoms. The van der Waals surface area contributed by atoms with Crippen LogP contribution in [-0.2, 0) is 23.9 Å². The minimum atomic E-state index is -1.92. The van der Waals surface area contributed by atoms with Crippen LogP contribution in [0.3, 0.4) is 0 Å². The number of ether oxygens (including phenoxy) is 2. The van der Waals surface area contributed by atoms with Crippen molar-refractivity contribution in [2.45, 2.75) is 46.7 Å². The quantitative estimate of drug-likeness (QED) is 0.0729. The van der Waals surface area contributed by atoms with Gasteiger partial charge in [0, 0.05) is 17.3 Å². The van der Waals surface area contributed by atoms with E-state index in [0.717, 1.165) is 0 Å². The summed E-state index contributed by atoms with van der Waals surface area (Å²) < 4.78 is 65.2. The zero-order valence-electron chi connectivity index (χ0n) is 27.9. The summed E-state index contributed by atoms with van der Waals surface area (Å²) in [6, 6.07) is 9.49. The summed E-state index contributed by atoms with van der Waals surface area (Å²) in [7, 11) is 0. The van der Waals surface area contributed by atoms with Crippen LogP contribution in [0, 0.1) is 35.6 Å². The normalized spacial score (nSPS) is 12.3. The number of hydrogen-bond donors (Lipinski definition) is 4. The van der Waals surface area contributed by atoms with E-state index in [0.29, 0.717) is 16.3 Å². The van der Waals surface area contributed by atoms with E-state index in [9.17, 15) is 41.5 Å². The summed E-state index contributed by atoms with van der Waals surface area (Å²) in [5, 5.41) is 5.64. The molecule has 0 radical (unpaired) electrons. The number of carbonyl (C=O) groups is 5. The van der Waals surface area contributed by atoms with Crippen molar-refractivity contribution in [1.29, 1.82) is 0 Å². The Bertz CT molecular complexity index is 1730. The molecule has 0 spiro atoms. The highest BCUT2D eigenvalue weighted by Gasteiger charge is 2.36. The van der Waals surface area contributed by atoms with Gasteiger partial charge >= 0.3 is 5.97 Å². The number of nitrogens with zero attached hydrogens (tertiary/aromatic N) is 1. The summed E-state index contributed by atoms with van der Waals surface area (Å²) in [5.41, 5.74) is 8.68. The molecule has 5 N–H and O–H groups in total. The van der Waals surface area contributed by atoms with Crippen LogP contribution in [-0.4, -0.2) is 60.4 Å². The lowest BCUT2D eigenvalue weighted by Gasteiger charge is -2.32. The molecular weight excluding hydrogens is 666 g/mol. The molecule has 0 aromatic heterocycles. The molecule has 0 aliphatic carbocycles. The average Bonchev–Trinajstić information content (AvgIpc) is 3.05. The van der Waals surface area contributed by atoms with Crippen LogP contribution in [0.2, 0.25) is 0 Å². The van der Waals surface area contributed by atoms with Gasteiger partial charge in [0.1, 0.15) is 18.6 Å². The number of halogens is 4. The van der Waals surface area contributed by atoms with E-state index in [1.807, 2.05) is 0 Å². The molecule has 0 bridgehead atoms. The maximum Gasteiger partial charge on any atom is 0.327 e. The van der Waals surface area contributed by atoms with E-state index >= 15 is 0 Å². The van der Waals surface area contributed by atoms with Crippen LogP contribution in [0.4, 0.5) is 23.2 Å². The van der Waals surface area contributed by atoms with Crippen LogP contribution in [0.5, 0.6) is 5.75 Å². The number of nitrogen functional groups attached to an aromatic ring is 1. The molecular formula is C34H37F4N5O7. The van der Waals surface area contributed by atoms with Gasteiger partial charge in [-0.25, -0.2) is 13.8 Å². The molecule has 12 nitrogen and oxygen atoms in total. The molecule has 3 rings (SSSR count). The average molecular weight is 704 g/mol. The SMILES string of the molecule is CCOC(=O)CN(NC(=O)C(NC(=O)[C@@H](NC(=O)c1ccc(N)c(C)c1)C(C)(C)C)c1ccccc1)C(=O)COc1c(F)c(F)cc(F)c1F. The molecule has 50 heavy (non-hydrogen) atoms. The Morgan fingerprint density at radius 2 is 1.50 bits per heavy atom. The number of nitrogens with two attached hydrogens (primary N) is 1. The van der Waals surface area contributed by atoms with Gasteiger partial charge in [0.25, 0.3) is 17.7 Å². The highest BCUT2D eigenvalue weighted by Crippen LogP contribution is 2.27. The number of aryl methyl sites for hydroxylation is 1. The monoisotopic (exact) mass is 703 g/mol. The highest BCUT2D eigenvalue weighted by molar-refractivity contribution is 5.99. The molecule has 1 unspecified atom stereocenters. The standard InChI is InChI=1S/C34H37F4N5O7/c1-6-49-25(45)16-43(24(44)17-50-29-26(37)21(35)15-22(36)27(29)38)42-32(47)28(19-10-8-7-9-11-19)40-33(48)30(34(3,4)5)41-31(46)20-12-13-23(39)18(2)14-20/h7-15,28,30H,6,16-17,39H2,1-5H3,(H,40,48)(H,41,46)(H,42,47)/t28?,30-/m1/s1. The summed E-state index contributed by atoms with van der Waals surface area (Å²) in [5.74, 6) is -13.8. The van der Waals surface area contributed by atoms with Gasteiger partial charge in [-0.15, -0.1) is 0 Å².